The summed E-state index contributed by atoms with van der Waals surface area (Å²) in [4.78, 5) is 4.25. The summed E-state index contributed by atoms with van der Waals surface area (Å²) in [6, 6.07) is 9.55. The SMILES string of the molecule is O=S(=O)(O)SCCNCCOc1ccnc2ccccc12. The number of nitrogens with one attached hydrogen (secondary N) is 1. The highest BCUT2D eigenvalue weighted by molar-refractivity contribution is 8.69. The monoisotopic (exact) mass is 328 g/mol. The molecule has 8 heteroatoms. The van der Waals surface area contributed by atoms with E-state index in [1.54, 1.807) is 6.20 Å². The molecular weight excluding hydrogens is 312 g/mol. The Balaban J connectivity index is 1.73. The van der Waals surface area contributed by atoms with Gasteiger partial charge in [0.2, 0.25) is 0 Å². The highest BCUT2D eigenvalue weighted by Gasteiger charge is 2.04. The van der Waals surface area contributed by atoms with Crippen LogP contribution in [0.25, 0.3) is 10.9 Å². The third-order valence-electron chi connectivity index (χ3n) is 2.66. The fraction of sp³-hybridized carbons (Fsp3) is 0.308. The number of ether oxygens (including phenoxy) is 1. The van der Waals surface area contributed by atoms with Gasteiger partial charge in [0.05, 0.1) is 5.52 Å². The molecule has 0 unspecified atom stereocenters. The number of hydrogen-bond donors (Lipinski definition) is 2. The van der Waals surface area contributed by atoms with Gasteiger partial charge in [-0.05, 0) is 29.0 Å². The number of para-hydroxylation sites is 1. The lowest BCUT2D eigenvalue weighted by Crippen LogP contribution is -2.23. The van der Waals surface area contributed by atoms with Crippen LogP contribution in [-0.2, 0) is 9.15 Å². The van der Waals surface area contributed by atoms with Crippen LogP contribution in [0.2, 0.25) is 0 Å². The first-order valence-corrected chi connectivity index (χ1v) is 9.29. The minimum absolute atomic E-state index is 0.289. The number of fused-ring (bicyclic) bond motifs is 1. The normalized spacial score (nSPS) is 11.7. The smallest absolute Gasteiger partial charge is 0.319 e. The standard InChI is InChI=1S/C13H16N2O4S2/c16-21(17,18)20-10-8-14-7-9-19-13-5-6-15-12-4-2-1-3-11(12)13/h1-6,14H,7-10H2,(H,16,17,18). The lowest BCUT2D eigenvalue weighted by Gasteiger charge is -2.09. The minimum atomic E-state index is -3.95. The quantitative estimate of drug-likeness (QED) is 0.433. The van der Waals surface area contributed by atoms with Crippen LogP contribution in [0.5, 0.6) is 5.75 Å². The van der Waals surface area contributed by atoms with Gasteiger partial charge in [0.1, 0.15) is 12.4 Å². The fourth-order valence-corrected chi connectivity index (χ4v) is 3.09. The van der Waals surface area contributed by atoms with Gasteiger partial charge in [0.15, 0.2) is 0 Å². The molecule has 0 saturated heterocycles. The molecule has 2 N–H and O–H groups in total. The van der Waals surface area contributed by atoms with E-state index >= 15 is 0 Å². The average molecular weight is 328 g/mol. The molecule has 0 fully saturated rings. The van der Waals surface area contributed by atoms with Crippen LogP contribution in [0.15, 0.2) is 36.5 Å². The zero-order valence-electron chi connectivity index (χ0n) is 11.2. The summed E-state index contributed by atoms with van der Waals surface area (Å²) in [6.45, 7) is 1.53. The Morgan fingerprint density at radius 3 is 2.86 bits per heavy atom. The van der Waals surface area contributed by atoms with Gasteiger partial charge in [-0.2, -0.15) is 8.42 Å². The highest BCUT2D eigenvalue weighted by Crippen LogP contribution is 2.22. The number of nitrogens with zero attached hydrogens (tertiary/aromatic N) is 1. The van der Waals surface area contributed by atoms with Crippen LogP contribution in [-0.4, -0.2) is 43.4 Å². The largest absolute Gasteiger partial charge is 0.492 e. The summed E-state index contributed by atoms with van der Waals surface area (Å²) < 4.78 is 35.2. The van der Waals surface area contributed by atoms with Crippen molar-refractivity contribution in [2.45, 2.75) is 0 Å². The van der Waals surface area contributed by atoms with E-state index < -0.39 is 9.15 Å². The maximum absolute atomic E-state index is 10.5. The summed E-state index contributed by atoms with van der Waals surface area (Å²) in [7, 11) is -3.44. The highest BCUT2D eigenvalue weighted by atomic mass is 33.1. The molecule has 6 nitrogen and oxygen atoms in total. The molecule has 2 aromatic rings. The second kappa shape index (κ2) is 7.60. The van der Waals surface area contributed by atoms with Crippen LogP contribution in [0.3, 0.4) is 0 Å². The third-order valence-corrected chi connectivity index (χ3v) is 4.72. The van der Waals surface area contributed by atoms with E-state index in [2.05, 4.69) is 10.3 Å². The lowest BCUT2D eigenvalue weighted by atomic mass is 10.2. The topological polar surface area (TPSA) is 88.5 Å². The molecule has 114 valence electrons. The molecule has 0 aliphatic carbocycles. The molecule has 0 aliphatic rings. The molecule has 0 atom stereocenters. The summed E-state index contributed by atoms with van der Waals surface area (Å²) >= 11 is 0. The van der Waals surface area contributed by atoms with Crippen LogP contribution in [0, 0.1) is 0 Å². The molecule has 1 aromatic heterocycles. The fourth-order valence-electron chi connectivity index (χ4n) is 1.77. The van der Waals surface area contributed by atoms with Gasteiger partial charge < -0.3 is 10.1 Å². The van der Waals surface area contributed by atoms with E-state index in [4.69, 9.17) is 9.29 Å². The Labute approximate surface area is 127 Å². The van der Waals surface area contributed by atoms with Gasteiger partial charge in [0, 0.05) is 30.4 Å². The van der Waals surface area contributed by atoms with Crippen LogP contribution in [0.4, 0.5) is 0 Å². The van der Waals surface area contributed by atoms with Crippen molar-refractivity contribution in [2.24, 2.45) is 0 Å². The first-order chi connectivity index (χ1) is 10.1. The van der Waals surface area contributed by atoms with Gasteiger partial charge in [-0.25, -0.2) is 0 Å². The van der Waals surface area contributed by atoms with Crippen molar-refractivity contribution in [1.82, 2.24) is 10.3 Å². The van der Waals surface area contributed by atoms with Crippen LogP contribution >= 0.6 is 10.8 Å². The minimum Gasteiger partial charge on any atom is -0.492 e. The molecule has 1 aromatic carbocycles. The second-order valence-corrected chi connectivity index (χ2v) is 7.64. The Morgan fingerprint density at radius 2 is 2.05 bits per heavy atom. The number of pyridine rings is 1. The molecule has 0 aliphatic heterocycles. The van der Waals surface area contributed by atoms with Crippen molar-refractivity contribution >= 4 is 30.8 Å². The predicted molar refractivity (Wildman–Crippen MR) is 84.1 cm³/mol. The zero-order chi connectivity index (χ0) is 15.1. The Bertz CT molecular complexity index is 686. The number of rotatable bonds is 8. The molecular formula is C13H16N2O4S2. The van der Waals surface area contributed by atoms with Crippen molar-refractivity contribution in [3.63, 3.8) is 0 Å². The van der Waals surface area contributed by atoms with Gasteiger partial charge >= 0.3 is 9.15 Å². The van der Waals surface area contributed by atoms with E-state index in [0.29, 0.717) is 30.5 Å². The average Bonchev–Trinajstić information content (AvgIpc) is 2.45. The maximum atomic E-state index is 10.5. The molecule has 0 radical (unpaired) electrons. The molecule has 0 spiro atoms. The number of aromatic nitrogens is 1. The van der Waals surface area contributed by atoms with Gasteiger partial charge in [0.25, 0.3) is 0 Å². The zero-order valence-corrected chi connectivity index (χ0v) is 12.9. The lowest BCUT2D eigenvalue weighted by molar-refractivity contribution is 0.319. The first kappa shape index (κ1) is 16.0. The maximum Gasteiger partial charge on any atom is 0.319 e. The molecule has 0 bridgehead atoms. The summed E-state index contributed by atoms with van der Waals surface area (Å²) in [6.07, 6.45) is 1.70. The number of hydrogen-bond acceptors (Lipinski definition) is 6. The van der Waals surface area contributed by atoms with Crippen molar-refractivity contribution in [3.05, 3.63) is 36.5 Å². The third kappa shape index (κ3) is 5.50. The van der Waals surface area contributed by atoms with Crippen molar-refractivity contribution in [2.75, 3.05) is 25.4 Å². The van der Waals surface area contributed by atoms with E-state index in [1.807, 2.05) is 30.3 Å². The second-order valence-electron chi connectivity index (χ2n) is 4.17. The molecule has 0 saturated carbocycles. The molecule has 1 heterocycles. The Kier molecular flexibility index (Phi) is 5.80. The predicted octanol–water partition coefficient (Wildman–Crippen LogP) is 1.74. The molecule has 2 rings (SSSR count). The van der Waals surface area contributed by atoms with Gasteiger partial charge in [-0.3, -0.25) is 9.54 Å². The van der Waals surface area contributed by atoms with E-state index in [0.717, 1.165) is 16.7 Å². The Hall–Kier alpha value is -1.35. The summed E-state index contributed by atoms with van der Waals surface area (Å²) in [5.41, 5.74) is 0.882. The van der Waals surface area contributed by atoms with Gasteiger partial charge in [-0.1, -0.05) is 12.1 Å². The summed E-state index contributed by atoms with van der Waals surface area (Å²) in [5, 5.41) is 4.00. The van der Waals surface area contributed by atoms with E-state index in [9.17, 15) is 8.42 Å². The van der Waals surface area contributed by atoms with Crippen LogP contribution < -0.4 is 10.1 Å². The van der Waals surface area contributed by atoms with E-state index in [-0.39, 0.29) is 5.75 Å². The molecule has 21 heavy (non-hydrogen) atoms. The Morgan fingerprint density at radius 1 is 1.24 bits per heavy atom. The first-order valence-electron chi connectivity index (χ1n) is 6.35. The van der Waals surface area contributed by atoms with E-state index in [1.165, 1.54) is 0 Å². The van der Waals surface area contributed by atoms with Crippen molar-refractivity contribution < 1.29 is 17.7 Å². The van der Waals surface area contributed by atoms with Crippen molar-refractivity contribution in [1.29, 1.82) is 0 Å². The van der Waals surface area contributed by atoms with Crippen LogP contribution in [0.1, 0.15) is 0 Å². The van der Waals surface area contributed by atoms with Gasteiger partial charge in [-0.15, -0.1) is 0 Å². The molecule has 0 amide bonds. The summed E-state index contributed by atoms with van der Waals surface area (Å²) in [5.74, 6) is 1.06. The number of benzene rings is 1. The van der Waals surface area contributed by atoms with Crippen molar-refractivity contribution in [3.8, 4) is 5.75 Å².